The molecule has 1 N–H and O–H groups in total. The summed E-state index contributed by atoms with van der Waals surface area (Å²) >= 11 is 0. The molecule has 0 spiro atoms. The van der Waals surface area contributed by atoms with E-state index in [4.69, 9.17) is 0 Å². The van der Waals surface area contributed by atoms with Crippen molar-refractivity contribution in [2.75, 3.05) is 32.7 Å². The molecule has 4 heteroatoms. The van der Waals surface area contributed by atoms with Crippen molar-refractivity contribution in [3.05, 3.63) is 59.7 Å². The molecule has 4 nitrogen and oxygen atoms in total. The van der Waals surface area contributed by atoms with E-state index in [0.29, 0.717) is 6.04 Å². The molecule has 2 fully saturated rings. The van der Waals surface area contributed by atoms with Crippen LogP contribution in [-0.4, -0.2) is 54.5 Å². The van der Waals surface area contributed by atoms with Crippen LogP contribution >= 0.6 is 0 Å². The molecule has 0 aromatic heterocycles. The largest absolute Gasteiger partial charge is 0.355 e. The van der Waals surface area contributed by atoms with Gasteiger partial charge in [0.1, 0.15) is 0 Å². The molecule has 0 unspecified atom stereocenters. The molecule has 128 valence electrons. The van der Waals surface area contributed by atoms with E-state index < -0.39 is 0 Å². The van der Waals surface area contributed by atoms with Gasteiger partial charge in [-0.25, -0.2) is 0 Å². The van der Waals surface area contributed by atoms with Gasteiger partial charge in [0, 0.05) is 32.7 Å². The molecule has 1 atom stereocenters. The summed E-state index contributed by atoms with van der Waals surface area (Å²) in [7, 11) is 0. The molecule has 2 aromatic rings. The summed E-state index contributed by atoms with van der Waals surface area (Å²) in [6.45, 7) is 4.79. The summed E-state index contributed by atoms with van der Waals surface area (Å²) in [5.74, 6) is 0.213. The van der Waals surface area contributed by atoms with Crippen LogP contribution in [0.5, 0.6) is 0 Å². The molecule has 25 heavy (non-hydrogen) atoms. The second-order valence-corrected chi connectivity index (χ2v) is 7.24. The van der Waals surface area contributed by atoms with E-state index in [1.54, 1.807) is 0 Å². The van der Waals surface area contributed by atoms with Gasteiger partial charge in [0.25, 0.3) is 0 Å². The molecule has 1 amide bonds. The number of amides is 1. The lowest BCUT2D eigenvalue weighted by atomic mass is 10.0. The van der Waals surface area contributed by atoms with E-state index in [9.17, 15) is 4.79 Å². The summed E-state index contributed by atoms with van der Waals surface area (Å²) < 4.78 is 0. The first-order valence-electron chi connectivity index (χ1n) is 9.27. The fourth-order valence-corrected chi connectivity index (χ4v) is 4.76. The normalized spacial score (nSPS) is 24.2. The van der Waals surface area contributed by atoms with Crippen molar-refractivity contribution in [1.29, 1.82) is 0 Å². The lowest BCUT2D eigenvalue weighted by Gasteiger charge is -2.40. The van der Waals surface area contributed by atoms with Gasteiger partial charge in [-0.15, -0.1) is 0 Å². The molecule has 2 saturated heterocycles. The number of rotatable bonds is 2. The third-order valence-electron chi connectivity index (χ3n) is 5.98. The minimum absolute atomic E-state index is 0.0882. The number of nitrogens with one attached hydrogen (secondary N) is 1. The first-order chi connectivity index (χ1) is 12.3. The maximum atomic E-state index is 12.0. The van der Waals surface area contributed by atoms with Gasteiger partial charge in [-0.05, 0) is 28.7 Å². The number of hydrogen-bond donors (Lipinski definition) is 1. The van der Waals surface area contributed by atoms with Gasteiger partial charge in [0.05, 0.1) is 12.1 Å². The maximum absolute atomic E-state index is 12.0. The Morgan fingerprint density at radius 3 is 1.92 bits per heavy atom. The summed E-state index contributed by atoms with van der Waals surface area (Å²) in [4.78, 5) is 16.9. The van der Waals surface area contributed by atoms with Crippen molar-refractivity contribution >= 4 is 5.91 Å². The van der Waals surface area contributed by atoms with Gasteiger partial charge >= 0.3 is 0 Å². The van der Waals surface area contributed by atoms with Crippen LogP contribution in [0.25, 0.3) is 11.1 Å². The molecule has 2 aliphatic heterocycles. The Hall–Kier alpha value is -2.17. The average molecular weight is 333 g/mol. The minimum Gasteiger partial charge on any atom is -0.355 e. The number of carbonyl (C=O) groups is 1. The van der Waals surface area contributed by atoms with E-state index >= 15 is 0 Å². The Morgan fingerprint density at radius 2 is 1.36 bits per heavy atom. The van der Waals surface area contributed by atoms with Crippen LogP contribution in [0.15, 0.2) is 48.5 Å². The SMILES string of the molecule is O=C1NCC[C@H]1N1CCN(C2c3ccccc3-c3ccccc32)CC1. The fourth-order valence-electron chi connectivity index (χ4n) is 4.76. The van der Waals surface area contributed by atoms with Gasteiger partial charge in [0.2, 0.25) is 5.91 Å². The van der Waals surface area contributed by atoms with Crippen molar-refractivity contribution in [3.63, 3.8) is 0 Å². The summed E-state index contributed by atoms with van der Waals surface area (Å²) in [6, 6.07) is 18.0. The van der Waals surface area contributed by atoms with Crippen molar-refractivity contribution in [2.45, 2.75) is 18.5 Å². The highest BCUT2D eigenvalue weighted by molar-refractivity contribution is 5.83. The van der Waals surface area contributed by atoms with Crippen LogP contribution in [0.4, 0.5) is 0 Å². The van der Waals surface area contributed by atoms with Crippen LogP contribution < -0.4 is 5.32 Å². The third-order valence-corrected chi connectivity index (χ3v) is 5.98. The topological polar surface area (TPSA) is 35.6 Å². The molecule has 5 rings (SSSR count). The monoisotopic (exact) mass is 333 g/mol. The Bertz CT molecular complexity index is 765. The van der Waals surface area contributed by atoms with E-state index in [0.717, 1.165) is 39.1 Å². The highest BCUT2D eigenvalue weighted by Crippen LogP contribution is 2.46. The van der Waals surface area contributed by atoms with Crippen molar-refractivity contribution in [3.8, 4) is 11.1 Å². The molecule has 0 radical (unpaired) electrons. The van der Waals surface area contributed by atoms with Crippen LogP contribution in [0.1, 0.15) is 23.6 Å². The second-order valence-electron chi connectivity index (χ2n) is 7.24. The first-order valence-corrected chi connectivity index (χ1v) is 9.27. The number of nitrogens with zero attached hydrogens (tertiary/aromatic N) is 2. The number of hydrogen-bond acceptors (Lipinski definition) is 3. The molecule has 0 saturated carbocycles. The maximum Gasteiger partial charge on any atom is 0.237 e. The van der Waals surface area contributed by atoms with Gasteiger partial charge in [-0.1, -0.05) is 48.5 Å². The van der Waals surface area contributed by atoms with Crippen LogP contribution in [-0.2, 0) is 4.79 Å². The van der Waals surface area contributed by atoms with Gasteiger partial charge < -0.3 is 5.32 Å². The minimum atomic E-state index is 0.0882. The Balaban J connectivity index is 1.40. The van der Waals surface area contributed by atoms with Gasteiger partial charge in [-0.2, -0.15) is 0 Å². The molecule has 3 aliphatic rings. The van der Waals surface area contributed by atoms with E-state index in [1.807, 2.05) is 0 Å². The van der Waals surface area contributed by atoms with Crippen molar-refractivity contribution in [2.24, 2.45) is 0 Å². The zero-order chi connectivity index (χ0) is 16.8. The van der Waals surface area contributed by atoms with Gasteiger partial charge in [-0.3, -0.25) is 14.6 Å². The summed E-state index contributed by atoms with van der Waals surface area (Å²) in [6.07, 6.45) is 0.952. The summed E-state index contributed by atoms with van der Waals surface area (Å²) in [5.41, 5.74) is 5.60. The van der Waals surface area contributed by atoms with E-state index in [-0.39, 0.29) is 11.9 Å². The quantitative estimate of drug-likeness (QED) is 0.916. The number of carbonyl (C=O) groups excluding carboxylic acids is 1. The molecular formula is C21H23N3O. The molecule has 2 heterocycles. The van der Waals surface area contributed by atoms with E-state index in [2.05, 4.69) is 63.6 Å². The highest BCUT2D eigenvalue weighted by atomic mass is 16.2. The Kier molecular flexibility index (Phi) is 3.61. The first kappa shape index (κ1) is 15.1. The van der Waals surface area contributed by atoms with Crippen molar-refractivity contribution < 1.29 is 4.79 Å². The average Bonchev–Trinajstić information content (AvgIpc) is 3.23. The zero-order valence-corrected chi connectivity index (χ0v) is 14.3. The Morgan fingerprint density at radius 1 is 0.800 bits per heavy atom. The third kappa shape index (κ3) is 2.40. The fraction of sp³-hybridized carbons (Fsp3) is 0.381. The number of piperazine rings is 1. The van der Waals surface area contributed by atoms with Gasteiger partial charge in [0.15, 0.2) is 0 Å². The highest BCUT2D eigenvalue weighted by Gasteiger charge is 2.37. The lowest BCUT2D eigenvalue weighted by Crippen LogP contribution is -2.52. The zero-order valence-electron chi connectivity index (χ0n) is 14.3. The smallest absolute Gasteiger partial charge is 0.237 e. The predicted octanol–water partition coefficient (Wildman–Crippen LogP) is 2.26. The number of benzene rings is 2. The predicted molar refractivity (Wildman–Crippen MR) is 98.3 cm³/mol. The van der Waals surface area contributed by atoms with Crippen LogP contribution in [0.2, 0.25) is 0 Å². The van der Waals surface area contributed by atoms with Crippen LogP contribution in [0.3, 0.4) is 0 Å². The molecular weight excluding hydrogens is 310 g/mol. The summed E-state index contributed by atoms with van der Waals surface area (Å²) in [5, 5.41) is 2.97. The van der Waals surface area contributed by atoms with Crippen LogP contribution in [0, 0.1) is 0 Å². The lowest BCUT2D eigenvalue weighted by molar-refractivity contribution is -0.124. The number of fused-ring (bicyclic) bond motifs is 3. The molecule has 0 bridgehead atoms. The second kappa shape index (κ2) is 5.97. The Labute approximate surface area is 148 Å². The standard InChI is InChI=1S/C21H23N3O/c25-21-19(9-10-22-21)23-11-13-24(14-12-23)20-17-7-3-1-5-15(17)16-6-2-4-8-18(16)20/h1-8,19-20H,9-14H2,(H,22,25)/t19-/m1/s1. The molecule has 1 aliphatic carbocycles. The van der Waals surface area contributed by atoms with Crippen molar-refractivity contribution in [1.82, 2.24) is 15.1 Å². The van der Waals surface area contributed by atoms with E-state index in [1.165, 1.54) is 22.3 Å². The molecule has 2 aromatic carbocycles.